The third kappa shape index (κ3) is 2.06. The molecule has 0 saturated heterocycles. The van der Waals surface area contributed by atoms with Crippen molar-refractivity contribution in [1.82, 2.24) is 4.68 Å². The highest BCUT2D eigenvalue weighted by atomic mass is 15.4. The van der Waals surface area contributed by atoms with E-state index in [1.54, 1.807) is 0 Å². The van der Waals surface area contributed by atoms with E-state index in [1.165, 1.54) is 22.6 Å². The zero-order chi connectivity index (χ0) is 13.2. The molecule has 1 aromatic heterocycles. The van der Waals surface area contributed by atoms with Crippen LogP contribution >= 0.6 is 0 Å². The minimum absolute atomic E-state index is 1.18. The molecular formula is C17H17N2+. The third-order valence-corrected chi connectivity index (χ3v) is 3.45. The summed E-state index contributed by atoms with van der Waals surface area (Å²) in [6.07, 6.45) is 0. The summed E-state index contributed by atoms with van der Waals surface area (Å²) in [5, 5.41) is 0. The van der Waals surface area contributed by atoms with Crippen molar-refractivity contribution >= 4 is 0 Å². The van der Waals surface area contributed by atoms with Gasteiger partial charge in [0.25, 0.3) is 0 Å². The van der Waals surface area contributed by atoms with E-state index in [0.29, 0.717) is 0 Å². The standard InChI is InChI=1S/C17H17N2/c1-14-13-17(15-9-5-3-6-10-15)19(18(14)2)16-11-7-4-8-12-16/h3-13H,1-2H3/q+1. The highest BCUT2D eigenvalue weighted by molar-refractivity contribution is 5.57. The Bertz CT molecular complexity index is 682. The van der Waals surface area contributed by atoms with Crippen molar-refractivity contribution in [2.24, 2.45) is 7.05 Å². The van der Waals surface area contributed by atoms with Crippen LogP contribution in [0.2, 0.25) is 0 Å². The van der Waals surface area contributed by atoms with Gasteiger partial charge in [-0.25, -0.2) is 0 Å². The van der Waals surface area contributed by atoms with Gasteiger partial charge in [0, 0.05) is 23.8 Å². The summed E-state index contributed by atoms with van der Waals surface area (Å²) in [7, 11) is 2.09. The van der Waals surface area contributed by atoms with Crippen LogP contribution in [0, 0.1) is 6.92 Å². The predicted octanol–water partition coefficient (Wildman–Crippen LogP) is 3.28. The lowest BCUT2D eigenvalue weighted by atomic mass is 10.1. The van der Waals surface area contributed by atoms with Crippen molar-refractivity contribution in [2.75, 3.05) is 0 Å². The van der Waals surface area contributed by atoms with E-state index >= 15 is 0 Å². The second-order valence-electron chi connectivity index (χ2n) is 4.71. The van der Waals surface area contributed by atoms with Crippen molar-refractivity contribution in [1.29, 1.82) is 0 Å². The molecule has 0 N–H and O–H groups in total. The largest absolute Gasteiger partial charge is 0.245 e. The first-order valence-electron chi connectivity index (χ1n) is 6.47. The van der Waals surface area contributed by atoms with Gasteiger partial charge in [-0.15, -0.1) is 0 Å². The van der Waals surface area contributed by atoms with E-state index in [2.05, 4.69) is 77.9 Å². The average molecular weight is 249 g/mol. The molecule has 0 amide bonds. The van der Waals surface area contributed by atoms with Gasteiger partial charge in [0.15, 0.2) is 0 Å². The van der Waals surface area contributed by atoms with Gasteiger partial charge >= 0.3 is 0 Å². The summed E-state index contributed by atoms with van der Waals surface area (Å²) < 4.78 is 4.42. The molecular weight excluding hydrogens is 232 g/mol. The number of para-hydroxylation sites is 1. The van der Waals surface area contributed by atoms with Crippen LogP contribution in [0.4, 0.5) is 0 Å². The highest BCUT2D eigenvalue weighted by Gasteiger charge is 2.22. The van der Waals surface area contributed by atoms with Crippen molar-refractivity contribution in [2.45, 2.75) is 6.92 Å². The molecule has 0 atom stereocenters. The summed E-state index contributed by atoms with van der Waals surface area (Å²) in [5.41, 5.74) is 4.86. The van der Waals surface area contributed by atoms with E-state index in [0.717, 1.165) is 0 Å². The Balaban J connectivity index is 2.25. The van der Waals surface area contributed by atoms with Gasteiger partial charge < -0.3 is 0 Å². The molecule has 0 saturated carbocycles. The molecule has 2 heteroatoms. The number of hydrogen-bond donors (Lipinski definition) is 0. The molecule has 0 aliphatic carbocycles. The van der Waals surface area contributed by atoms with Crippen LogP contribution in [0.1, 0.15) is 5.69 Å². The number of nitrogens with zero attached hydrogens (tertiary/aromatic N) is 2. The van der Waals surface area contributed by atoms with Gasteiger partial charge in [0.1, 0.15) is 0 Å². The molecule has 19 heavy (non-hydrogen) atoms. The smallest absolute Gasteiger partial charge is 0.155 e. The Morgan fingerprint density at radius 1 is 0.842 bits per heavy atom. The lowest BCUT2D eigenvalue weighted by molar-refractivity contribution is -0.672. The Morgan fingerprint density at radius 2 is 1.42 bits per heavy atom. The quantitative estimate of drug-likeness (QED) is 0.616. The lowest BCUT2D eigenvalue weighted by Gasteiger charge is -2.01. The first-order valence-corrected chi connectivity index (χ1v) is 6.47. The van der Waals surface area contributed by atoms with E-state index < -0.39 is 0 Å². The topological polar surface area (TPSA) is 8.81 Å². The normalized spacial score (nSPS) is 10.6. The van der Waals surface area contributed by atoms with E-state index in [1.807, 2.05) is 12.1 Å². The van der Waals surface area contributed by atoms with Crippen molar-refractivity contribution in [3.63, 3.8) is 0 Å². The van der Waals surface area contributed by atoms with Crippen LogP contribution in [-0.4, -0.2) is 4.68 Å². The molecule has 3 rings (SSSR count). The molecule has 0 bridgehead atoms. The molecule has 0 aliphatic heterocycles. The minimum atomic E-state index is 1.18. The van der Waals surface area contributed by atoms with Crippen LogP contribution < -0.4 is 4.68 Å². The molecule has 3 aromatic rings. The Morgan fingerprint density at radius 3 is 2.05 bits per heavy atom. The van der Waals surface area contributed by atoms with Crippen LogP contribution in [-0.2, 0) is 7.05 Å². The number of aryl methyl sites for hydroxylation is 1. The summed E-state index contributed by atoms with van der Waals surface area (Å²) in [6.45, 7) is 2.13. The molecule has 0 aliphatic rings. The molecule has 0 spiro atoms. The minimum Gasteiger partial charge on any atom is -0.155 e. The van der Waals surface area contributed by atoms with Gasteiger partial charge in [-0.1, -0.05) is 41.1 Å². The fourth-order valence-electron chi connectivity index (χ4n) is 2.37. The maximum atomic E-state index is 2.24. The first-order chi connectivity index (χ1) is 9.27. The summed E-state index contributed by atoms with van der Waals surface area (Å²) in [5.74, 6) is 0. The summed E-state index contributed by atoms with van der Waals surface area (Å²) >= 11 is 0. The number of benzene rings is 2. The monoisotopic (exact) mass is 249 g/mol. The number of hydrogen-bond acceptors (Lipinski definition) is 0. The summed E-state index contributed by atoms with van der Waals surface area (Å²) in [4.78, 5) is 0. The van der Waals surface area contributed by atoms with Gasteiger partial charge in [0.05, 0.1) is 12.7 Å². The lowest BCUT2D eigenvalue weighted by Crippen LogP contribution is -2.41. The second kappa shape index (κ2) is 4.73. The van der Waals surface area contributed by atoms with Crippen LogP contribution in [0.3, 0.4) is 0 Å². The average Bonchev–Trinajstić information content (AvgIpc) is 2.77. The predicted molar refractivity (Wildman–Crippen MR) is 77.1 cm³/mol. The molecule has 0 unspecified atom stereocenters. The number of rotatable bonds is 2. The van der Waals surface area contributed by atoms with Crippen molar-refractivity contribution in [3.05, 3.63) is 72.4 Å². The summed E-state index contributed by atoms with van der Waals surface area (Å²) in [6, 6.07) is 23.2. The number of aromatic nitrogens is 2. The van der Waals surface area contributed by atoms with Crippen LogP contribution in [0.25, 0.3) is 16.9 Å². The molecule has 0 radical (unpaired) electrons. The van der Waals surface area contributed by atoms with Crippen molar-refractivity contribution in [3.8, 4) is 16.9 Å². The zero-order valence-electron chi connectivity index (χ0n) is 11.2. The zero-order valence-corrected chi connectivity index (χ0v) is 11.2. The first kappa shape index (κ1) is 11.7. The van der Waals surface area contributed by atoms with Crippen LogP contribution in [0.5, 0.6) is 0 Å². The Hall–Kier alpha value is -2.35. The van der Waals surface area contributed by atoms with Gasteiger partial charge in [-0.2, -0.15) is 4.68 Å². The molecule has 1 heterocycles. The van der Waals surface area contributed by atoms with Gasteiger partial charge in [0.2, 0.25) is 11.4 Å². The molecule has 94 valence electrons. The maximum absolute atomic E-state index is 2.24. The van der Waals surface area contributed by atoms with Crippen LogP contribution in [0.15, 0.2) is 66.7 Å². The van der Waals surface area contributed by atoms with Gasteiger partial charge in [-0.3, -0.25) is 0 Å². The second-order valence-corrected chi connectivity index (χ2v) is 4.71. The molecule has 0 fully saturated rings. The van der Waals surface area contributed by atoms with Gasteiger partial charge in [-0.05, 0) is 19.1 Å². The third-order valence-electron chi connectivity index (χ3n) is 3.45. The van der Waals surface area contributed by atoms with E-state index in [4.69, 9.17) is 0 Å². The highest BCUT2D eigenvalue weighted by Crippen LogP contribution is 2.18. The molecule has 2 nitrogen and oxygen atoms in total. The van der Waals surface area contributed by atoms with Crippen molar-refractivity contribution < 1.29 is 4.68 Å². The Labute approximate surface area is 113 Å². The van der Waals surface area contributed by atoms with E-state index in [-0.39, 0.29) is 0 Å². The fraction of sp³-hybridized carbons (Fsp3) is 0.118. The van der Waals surface area contributed by atoms with E-state index in [9.17, 15) is 0 Å². The SMILES string of the molecule is Cc1cc(-c2ccccc2)[n+](-c2ccccc2)n1C. The fourth-order valence-corrected chi connectivity index (χ4v) is 2.37. The Kier molecular flexibility index (Phi) is 2.92. The molecule has 2 aromatic carbocycles. The maximum Gasteiger partial charge on any atom is 0.245 e.